The lowest BCUT2D eigenvalue weighted by molar-refractivity contribution is -0.305. The van der Waals surface area contributed by atoms with E-state index < -0.39 is 56.0 Å². The van der Waals surface area contributed by atoms with Crippen molar-refractivity contribution in [2.45, 2.75) is 82.3 Å². The molecule has 1 heterocycles. The minimum absolute atomic E-state index is 0.250. The molecule has 1 aliphatic rings. The zero-order valence-electron chi connectivity index (χ0n) is 15.2. The van der Waals surface area contributed by atoms with Gasteiger partial charge in [-0.2, -0.15) is 0 Å². The Kier molecular flexibility index (Phi) is 11.2. The molecule has 0 saturated carbocycles. The lowest BCUT2D eigenvalue weighted by atomic mass is 9.99. The third-order valence-electron chi connectivity index (χ3n) is 4.28. The normalized spacial score (nSPS) is 30.2. The van der Waals surface area contributed by atoms with Crippen molar-refractivity contribution in [1.29, 1.82) is 0 Å². The van der Waals surface area contributed by atoms with Crippen LogP contribution in [0.5, 0.6) is 0 Å². The quantitative estimate of drug-likeness (QED) is 0.214. The molecule has 0 spiro atoms. The van der Waals surface area contributed by atoms with Crippen molar-refractivity contribution in [2.24, 2.45) is 0 Å². The van der Waals surface area contributed by atoms with Crippen LogP contribution in [0.25, 0.3) is 0 Å². The van der Waals surface area contributed by atoms with Gasteiger partial charge in [-0.1, -0.05) is 32.6 Å². The summed E-state index contributed by atoms with van der Waals surface area (Å²) in [6.07, 6.45) is -2.71. The molecule has 0 aromatic heterocycles. The topological polar surface area (TPSA) is 146 Å². The van der Waals surface area contributed by atoms with Gasteiger partial charge in [0, 0.05) is 6.42 Å². The third kappa shape index (κ3) is 7.43. The number of carbonyl (C=O) groups excluding carboxylic acids is 1. The maximum absolute atomic E-state index is 11.8. The van der Waals surface area contributed by atoms with E-state index in [1.807, 2.05) is 0 Å². The van der Waals surface area contributed by atoms with Gasteiger partial charge in [0.05, 0.1) is 19.8 Å². The van der Waals surface area contributed by atoms with E-state index in [2.05, 4.69) is 6.92 Å². The van der Waals surface area contributed by atoms with Crippen molar-refractivity contribution in [3.8, 4) is 0 Å². The number of aliphatic hydroxyl groups excluding tert-OH is 5. The molecular weight excluding hydrogens is 348 g/mol. The lowest BCUT2D eigenvalue weighted by Gasteiger charge is -2.39. The summed E-state index contributed by atoms with van der Waals surface area (Å²) < 4.78 is 15.6. The highest BCUT2D eigenvalue weighted by Gasteiger charge is 2.44. The van der Waals surface area contributed by atoms with Crippen LogP contribution >= 0.6 is 0 Å². The highest BCUT2D eigenvalue weighted by atomic mass is 16.7. The number of hydrogen-bond acceptors (Lipinski definition) is 9. The molecule has 0 aromatic carbocycles. The van der Waals surface area contributed by atoms with Gasteiger partial charge in [-0.15, -0.1) is 0 Å². The molecule has 0 bridgehead atoms. The Morgan fingerprint density at radius 1 is 1.04 bits per heavy atom. The van der Waals surface area contributed by atoms with Gasteiger partial charge < -0.3 is 39.7 Å². The van der Waals surface area contributed by atoms with Gasteiger partial charge in [-0.3, -0.25) is 4.79 Å². The summed E-state index contributed by atoms with van der Waals surface area (Å²) in [6, 6.07) is 0. The van der Waals surface area contributed by atoms with Crippen LogP contribution < -0.4 is 0 Å². The fourth-order valence-electron chi connectivity index (χ4n) is 2.65. The molecular formula is C17H32O9. The molecule has 1 saturated heterocycles. The molecule has 154 valence electrons. The van der Waals surface area contributed by atoms with Gasteiger partial charge in [0.2, 0.25) is 0 Å². The predicted octanol–water partition coefficient (Wildman–Crippen LogP) is -0.932. The fraction of sp³-hybridized carbons (Fsp3) is 0.941. The summed E-state index contributed by atoms with van der Waals surface area (Å²) in [5.74, 6) is -0.446. The molecule has 6 atom stereocenters. The number of rotatable bonds is 12. The van der Waals surface area contributed by atoms with Crippen LogP contribution in [-0.4, -0.2) is 88.1 Å². The molecule has 9 heteroatoms. The Bertz CT molecular complexity index is 390. The van der Waals surface area contributed by atoms with Crippen LogP contribution in [-0.2, 0) is 19.0 Å². The van der Waals surface area contributed by atoms with Gasteiger partial charge in [-0.25, -0.2) is 0 Å². The van der Waals surface area contributed by atoms with Gasteiger partial charge in [0.15, 0.2) is 6.29 Å². The van der Waals surface area contributed by atoms with Gasteiger partial charge in [-0.05, 0) is 6.42 Å². The Morgan fingerprint density at radius 2 is 1.73 bits per heavy atom. The highest BCUT2D eigenvalue weighted by molar-refractivity contribution is 5.69. The summed E-state index contributed by atoms with van der Waals surface area (Å²) in [6.45, 7) is 0.802. The first kappa shape index (κ1) is 23.2. The monoisotopic (exact) mass is 380 g/mol. The summed E-state index contributed by atoms with van der Waals surface area (Å²) >= 11 is 0. The second kappa shape index (κ2) is 12.6. The first-order chi connectivity index (χ1) is 12.4. The maximum atomic E-state index is 11.8. The second-order valence-corrected chi connectivity index (χ2v) is 6.49. The first-order valence-electron chi connectivity index (χ1n) is 9.17. The minimum Gasteiger partial charge on any atom is -0.457 e. The van der Waals surface area contributed by atoms with E-state index in [0.29, 0.717) is 6.42 Å². The van der Waals surface area contributed by atoms with Crippen LogP contribution in [0, 0.1) is 0 Å². The SMILES string of the molecule is CCCCCCCC(=O)O[C@H](CO)CO[C@@H]1O[C@H](CO)[C@H](O)[C@H](O)[C@H]1O. The van der Waals surface area contributed by atoms with Crippen molar-refractivity contribution >= 4 is 5.97 Å². The van der Waals surface area contributed by atoms with E-state index in [1.165, 1.54) is 0 Å². The summed E-state index contributed by atoms with van der Waals surface area (Å²) in [7, 11) is 0. The molecule has 0 aromatic rings. The number of aliphatic hydroxyl groups is 5. The largest absolute Gasteiger partial charge is 0.457 e. The Hall–Kier alpha value is -0.810. The standard InChI is InChI=1S/C17H32O9/c1-2-3-4-5-6-7-13(20)25-11(8-18)10-24-17-16(23)15(22)14(21)12(9-19)26-17/h11-12,14-19,21-23H,2-10H2,1H3/t11-,12-,14+,15+,16-,17-/m1/s1. The summed E-state index contributed by atoms with van der Waals surface area (Å²) in [4.78, 5) is 11.8. The van der Waals surface area contributed by atoms with Crippen molar-refractivity contribution in [3.05, 3.63) is 0 Å². The predicted molar refractivity (Wildman–Crippen MR) is 90.1 cm³/mol. The average Bonchev–Trinajstić information content (AvgIpc) is 2.64. The van der Waals surface area contributed by atoms with Crippen molar-refractivity contribution in [1.82, 2.24) is 0 Å². The summed E-state index contributed by atoms with van der Waals surface area (Å²) in [5.41, 5.74) is 0. The fourth-order valence-corrected chi connectivity index (χ4v) is 2.65. The number of hydrogen-bond donors (Lipinski definition) is 5. The molecule has 0 unspecified atom stereocenters. The molecule has 1 rings (SSSR count). The van der Waals surface area contributed by atoms with E-state index in [1.54, 1.807) is 0 Å². The Balaban J connectivity index is 2.37. The van der Waals surface area contributed by atoms with Crippen molar-refractivity contribution in [2.75, 3.05) is 19.8 Å². The second-order valence-electron chi connectivity index (χ2n) is 6.49. The average molecular weight is 380 g/mol. The van der Waals surface area contributed by atoms with Gasteiger partial charge in [0.1, 0.15) is 30.5 Å². The molecule has 1 aliphatic heterocycles. The molecule has 1 fully saturated rings. The van der Waals surface area contributed by atoms with E-state index in [-0.39, 0.29) is 13.0 Å². The zero-order chi connectivity index (χ0) is 19.5. The van der Waals surface area contributed by atoms with Crippen LogP contribution in [0.2, 0.25) is 0 Å². The Morgan fingerprint density at radius 3 is 2.35 bits per heavy atom. The molecule has 0 aliphatic carbocycles. The number of esters is 1. The van der Waals surface area contributed by atoms with Gasteiger partial charge in [0.25, 0.3) is 0 Å². The van der Waals surface area contributed by atoms with Crippen LogP contribution in [0.3, 0.4) is 0 Å². The van der Waals surface area contributed by atoms with E-state index >= 15 is 0 Å². The number of ether oxygens (including phenoxy) is 3. The van der Waals surface area contributed by atoms with E-state index in [4.69, 9.17) is 19.3 Å². The van der Waals surface area contributed by atoms with Crippen molar-refractivity contribution in [3.63, 3.8) is 0 Å². The highest BCUT2D eigenvalue weighted by Crippen LogP contribution is 2.22. The molecule has 26 heavy (non-hydrogen) atoms. The summed E-state index contributed by atoms with van der Waals surface area (Å²) in [5, 5.41) is 47.7. The lowest BCUT2D eigenvalue weighted by Crippen LogP contribution is -2.59. The maximum Gasteiger partial charge on any atom is 0.306 e. The van der Waals surface area contributed by atoms with E-state index in [9.17, 15) is 25.2 Å². The molecule has 9 nitrogen and oxygen atoms in total. The number of unbranched alkanes of at least 4 members (excludes halogenated alkanes) is 4. The first-order valence-corrected chi connectivity index (χ1v) is 9.17. The van der Waals surface area contributed by atoms with Crippen LogP contribution in [0.1, 0.15) is 45.4 Å². The van der Waals surface area contributed by atoms with Gasteiger partial charge >= 0.3 is 5.97 Å². The minimum atomic E-state index is -1.55. The van der Waals surface area contributed by atoms with Crippen molar-refractivity contribution < 1.29 is 44.5 Å². The van der Waals surface area contributed by atoms with Crippen LogP contribution in [0.4, 0.5) is 0 Å². The smallest absolute Gasteiger partial charge is 0.306 e. The Labute approximate surface area is 153 Å². The molecule has 5 N–H and O–H groups in total. The van der Waals surface area contributed by atoms with Crippen LogP contribution in [0.15, 0.2) is 0 Å². The molecule has 0 amide bonds. The van der Waals surface area contributed by atoms with E-state index in [0.717, 1.165) is 25.7 Å². The number of carbonyl (C=O) groups is 1. The third-order valence-corrected chi connectivity index (χ3v) is 4.28. The zero-order valence-corrected chi connectivity index (χ0v) is 15.2. The molecule has 0 radical (unpaired) electrons.